The summed E-state index contributed by atoms with van der Waals surface area (Å²) in [6, 6.07) is 4.92. The van der Waals surface area contributed by atoms with Crippen molar-refractivity contribution < 1.29 is 13.9 Å². The van der Waals surface area contributed by atoms with Crippen molar-refractivity contribution in [1.82, 2.24) is 9.78 Å². The second-order valence-electron chi connectivity index (χ2n) is 4.67. The van der Waals surface area contributed by atoms with Crippen LogP contribution in [0.4, 0.5) is 10.1 Å². The van der Waals surface area contributed by atoms with Gasteiger partial charge >= 0.3 is 5.97 Å². The highest BCUT2D eigenvalue weighted by Gasteiger charge is 2.16. The molecule has 0 amide bonds. The predicted molar refractivity (Wildman–Crippen MR) is 77.6 cm³/mol. The van der Waals surface area contributed by atoms with E-state index in [1.54, 1.807) is 37.7 Å². The van der Waals surface area contributed by atoms with Crippen LogP contribution in [0.2, 0.25) is 0 Å². The van der Waals surface area contributed by atoms with Crippen molar-refractivity contribution in [2.75, 3.05) is 11.9 Å². The van der Waals surface area contributed by atoms with Crippen LogP contribution in [0.5, 0.6) is 0 Å². The first-order valence-electron chi connectivity index (χ1n) is 6.71. The zero-order valence-corrected chi connectivity index (χ0v) is 12.3. The summed E-state index contributed by atoms with van der Waals surface area (Å²) in [6.45, 7) is 4.12. The number of aromatic nitrogens is 2. The first-order valence-corrected chi connectivity index (χ1v) is 6.71. The van der Waals surface area contributed by atoms with Crippen LogP contribution in [-0.4, -0.2) is 22.4 Å². The van der Waals surface area contributed by atoms with Crippen LogP contribution in [0.1, 0.15) is 28.5 Å². The average Bonchev–Trinajstić information content (AvgIpc) is 2.82. The van der Waals surface area contributed by atoms with Crippen molar-refractivity contribution in [2.24, 2.45) is 7.05 Å². The fourth-order valence-electron chi connectivity index (χ4n) is 1.94. The summed E-state index contributed by atoms with van der Waals surface area (Å²) >= 11 is 0. The molecule has 0 aliphatic heterocycles. The number of ether oxygens (including phenoxy) is 1. The van der Waals surface area contributed by atoms with Crippen LogP contribution in [0.3, 0.4) is 0 Å². The molecule has 1 N–H and O–H groups in total. The van der Waals surface area contributed by atoms with Gasteiger partial charge in [0.05, 0.1) is 25.0 Å². The molecule has 1 heterocycles. The third-order valence-electron chi connectivity index (χ3n) is 3.19. The Morgan fingerprint density at radius 3 is 2.90 bits per heavy atom. The van der Waals surface area contributed by atoms with E-state index in [0.29, 0.717) is 35.7 Å². The number of nitrogens with one attached hydrogen (secondary N) is 1. The third kappa shape index (κ3) is 3.39. The number of rotatable bonds is 5. The number of nitrogens with zero attached hydrogens (tertiary/aromatic N) is 2. The summed E-state index contributed by atoms with van der Waals surface area (Å²) in [6.07, 6.45) is 1.48. The maximum atomic E-state index is 13.5. The Hall–Kier alpha value is -2.37. The lowest BCUT2D eigenvalue weighted by molar-refractivity contribution is 0.0525. The summed E-state index contributed by atoms with van der Waals surface area (Å²) in [7, 11) is 1.75. The number of hydrogen-bond donors (Lipinski definition) is 1. The highest BCUT2D eigenvalue weighted by atomic mass is 19.1. The lowest BCUT2D eigenvalue weighted by atomic mass is 10.2. The Balaban J connectivity index is 2.14. The zero-order chi connectivity index (χ0) is 15.4. The van der Waals surface area contributed by atoms with Gasteiger partial charge in [0.15, 0.2) is 0 Å². The molecule has 2 aromatic rings. The van der Waals surface area contributed by atoms with E-state index in [1.165, 1.54) is 12.3 Å². The molecule has 0 saturated heterocycles. The third-order valence-corrected chi connectivity index (χ3v) is 3.19. The van der Waals surface area contributed by atoms with Gasteiger partial charge in [0.1, 0.15) is 11.4 Å². The predicted octanol–water partition coefficient (Wildman–Crippen LogP) is 2.66. The maximum absolute atomic E-state index is 13.5. The van der Waals surface area contributed by atoms with E-state index in [9.17, 15) is 9.18 Å². The summed E-state index contributed by atoms with van der Waals surface area (Å²) in [5.41, 5.74) is 2.34. The molecular weight excluding hydrogens is 273 g/mol. The van der Waals surface area contributed by atoms with E-state index in [0.717, 1.165) is 0 Å². The van der Waals surface area contributed by atoms with Crippen LogP contribution >= 0.6 is 0 Å². The molecule has 21 heavy (non-hydrogen) atoms. The number of carbonyl (C=O) groups is 1. The van der Waals surface area contributed by atoms with Gasteiger partial charge in [-0.15, -0.1) is 0 Å². The molecule has 112 valence electrons. The largest absolute Gasteiger partial charge is 0.462 e. The molecule has 0 saturated carbocycles. The second kappa shape index (κ2) is 6.39. The van der Waals surface area contributed by atoms with Crippen LogP contribution in [0.15, 0.2) is 24.4 Å². The monoisotopic (exact) mass is 291 g/mol. The summed E-state index contributed by atoms with van der Waals surface area (Å²) in [5, 5.41) is 7.15. The van der Waals surface area contributed by atoms with Gasteiger partial charge < -0.3 is 10.1 Å². The molecule has 0 aliphatic carbocycles. The number of halogens is 1. The van der Waals surface area contributed by atoms with E-state index in [4.69, 9.17) is 4.74 Å². The number of carbonyl (C=O) groups excluding carboxylic acids is 1. The topological polar surface area (TPSA) is 56.1 Å². The molecule has 0 unspecified atom stereocenters. The highest BCUT2D eigenvalue weighted by molar-refractivity contribution is 5.90. The van der Waals surface area contributed by atoms with E-state index in [2.05, 4.69) is 10.4 Å². The number of esters is 1. The van der Waals surface area contributed by atoms with Crippen molar-refractivity contribution in [3.63, 3.8) is 0 Å². The quantitative estimate of drug-likeness (QED) is 0.860. The molecule has 1 aromatic heterocycles. The van der Waals surface area contributed by atoms with Crippen molar-refractivity contribution in [1.29, 1.82) is 0 Å². The molecule has 1 aromatic carbocycles. The lowest BCUT2D eigenvalue weighted by Gasteiger charge is -2.09. The second-order valence-corrected chi connectivity index (χ2v) is 4.67. The molecule has 0 fully saturated rings. The molecular formula is C15H18FN3O2. The van der Waals surface area contributed by atoms with Crippen LogP contribution in [0, 0.1) is 12.7 Å². The van der Waals surface area contributed by atoms with Gasteiger partial charge in [0.25, 0.3) is 0 Å². The van der Waals surface area contributed by atoms with Crippen LogP contribution in [0.25, 0.3) is 0 Å². The van der Waals surface area contributed by atoms with Crippen LogP contribution < -0.4 is 5.32 Å². The fraction of sp³-hybridized carbons (Fsp3) is 0.333. The van der Waals surface area contributed by atoms with E-state index in [-0.39, 0.29) is 5.82 Å². The zero-order valence-electron chi connectivity index (χ0n) is 12.3. The first-order chi connectivity index (χ1) is 10.0. The smallest absolute Gasteiger partial charge is 0.341 e. The molecule has 0 bridgehead atoms. The van der Waals surface area contributed by atoms with Crippen molar-refractivity contribution in [2.45, 2.75) is 20.4 Å². The SMILES string of the molecule is CCOC(=O)c1cnn(C)c1CNc1ccc(C)c(F)c1. The van der Waals surface area contributed by atoms with Gasteiger partial charge in [-0.1, -0.05) is 6.07 Å². The van der Waals surface area contributed by atoms with Crippen LogP contribution in [-0.2, 0) is 18.3 Å². The van der Waals surface area contributed by atoms with Gasteiger partial charge in [0.2, 0.25) is 0 Å². The molecule has 0 aliphatic rings. The number of benzene rings is 1. The average molecular weight is 291 g/mol. The maximum Gasteiger partial charge on any atom is 0.341 e. The standard InChI is InChI=1S/C15H18FN3O2/c1-4-21-15(20)12-8-18-19(3)14(12)9-17-11-6-5-10(2)13(16)7-11/h5-8,17H,4,9H2,1-3H3. The van der Waals surface area contributed by atoms with Gasteiger partial charge in [0, 0.05) is 12.7 Å². The minimum atomic E-state index is -0.405. The Kier molecular flexibility index (Phi) is 4.57. The normalized spacial score (nSPS) is 10.5. The van der Waals surface area contributed by atoms with E-state index >= 15 is 0 Å². The lowest BCUT2D eigenvalue weighted by Crippen LogP contribution is -2.12. The Labute approximate surface area is 122 Å². The van der Waals surface area contributed by atoms with Gasteiger partial charge in [-0.05, 0) is 31.5 Å². The number of aryl methyl sites for hydroxylation is 2. The van der Waals surface area contributed by atoms with Gasteiger partial charge in [-0.2, -0.15) is 5.10 Å². The molecule has 0 spiro atoms. The van der Waals surface area contributed by atoms with Crippen molar-refractivity contribution >= 4 is 11.7 Å². The van der Waals surface area contributed by atoms with Gasteiger partial charge in [-0.25, -0.2) is 9.18 Å². The summed E-state index contributed by atoms with van der Waals surface area (Å²) < 4.78 is 20.1. The number of anilines is 1. The van der Waals surface area contributed by atoms with Gasteiger partial charge in [-0.3, -0.25) is 4.68 Å². The molecule has 0 atom stereocenters. The Morgan fingerprint density at radius 1 is 1.48 bits per heavy atom. The minimum absolute atomic E-state index is 0.268. The van der Waals surface area contributed by atoms with Crippen molar-refractivity contribution in [3.05, 3.63) is 47.0 Å². The minimum Gasteiger partial charge on any atom is -0.462 e. The van der Waals surface area contributed by atoms with E-state index in [1.807, 2.05) is 0 Å². The Morgan fingerprint density at radius 2 is 2.24 bits per heavy atom. The number of hydrogen-bond acceptors (Lipinski definition) is 4. The fourth-order valence-corrected chi connectivity index (χ4v) is 1.94. The first kappa shape index (κ1) is 15.0. The molecule has 5 nitrogen and oxygen atoms in total. The summed E-state index contributed by atoms with van der Waals surface area (Å²) in [4.78, 5) is 11.8. The highest BCUT2D eigenvalue weighted by Crippen LogP contribution is 2.16. The molecule has 2 rings (SSSR count). The van der Waals surface area contributed by atoms with E-state index < -0.39 is 5.97 Å². The van der Waals surface area contributed by atoms with Crippen molar-refractivity contribution in [3.8, 4) is 0 Å². The molecule has 0 radical (unpaired) electrons. The molecule has 6 heteroatoms. The Bertz CT molecular complexity index is 652. The summed E-state index contributed by atoms with van der Waals surface area (Å²) in [5.74, 6) is -0.673.